The van der Waals surface area contributed by atoms with E-state index < -0.39 is 5.60 Å². The molecule has 1 aliphatic heterocycles. The molecule has 0 N–H and O–H groups in total. The number of hydrogen-bond acceptors (Lipinski definition) is 8. The van der Waals surface area contributed by atoms with Crippen LogP contribution < -0.4 is 0 Å². The third kappa shape index (κ3) is 4.92. The molecule has 9 heteroatoms. The number of aromatic nitrogens is 3. The Morgan fingerprint density at radius 3 is 2.53 bits per heavy atom. The Balaban J connectivity index is 1.25. The maximum atomic E-state index is 14.9. The SMILES string of the molecule is Cc1c(-c2ccccc2)noc1-c1nc(-c2ccc(CN3CC(C(=O)OC(C)(C)C)C3)c(F)c2)no1. The zero-order valence-electron chi connectivity index (χ0n) is 20.6. The van der Waals surface area contributed by atoms with Crippen LogP contribution in [0.1, 0.15) is 31.9 Å². The van der Waals surface area contributed by atoms with Gasteiger partial charge in [0.05, 0.1) is 5.92 Å². The molecule has 0 saturated carbocycles. The molecule has 1 aliphatic rings. The number of ether oxygens (including phenoxy) is 1. The summed E-state index contributed by atoms with van der Waals surface area (Å²) < 4.78 is 31.2. The molecule has 5 rings (SSSR count). The molecule has 8 nitrogen and oxygen atoms in total. The Labute approximate surface area is 208 Å². The highest BCUT2D eigenvalue weighted by molar-refractivity contribution is 5.74. The van der Waals surface area contributed by atoms with Crippen LogP contribution in [-0.4, -0.2) is 44.9 Å². The number of likely N-dealkylation sites (tertiary alicyclic amines) is 1. The van der Waals surface area contributed by atoms with E-state index in [0.717, 1.165) is 11.1 Å². The second kappa shape index (κ2) is 9.31. The summed E-state index contributed by atoms with van der Waals surface area (Å²) in [6, 6.07) is 14.5. The standard InChI is InChI=1S/C27H27FN4O4/c1-16-22(17-8-6-5-7-9-17)30-35-23(16)25-29-24(31-36-25)18-10-11-19(21(28)12-18)13-32-14-20(15-32)26(33)34-27(2,3)4/h5-12,20H,13-15H2,1-4H3. The number of halogens is 1. The molecule has 2 aromatic carbocycles. The molecule has 0 radical (unpaired) electrons. The Kier molecular flexibility index (Phi) is 6.17. The second-order valence-corrected chi connectivity index (χ2v) is 10.0. The van der Waals surface area contributed by atoms with Gasteiger partial charge in [-0.2, -0.15) is 4.98 Å². The molecule has 0 bridgehead atoms. The third-order valence-electron chi connectivity index (χ3n) is 5.99. The van der Waals surface area contributed by atoms with Gasteiger partial charge in [-0.15, -0.1) is 0 Å². The van der Waals surface area contributed by atoms with E-state index in [0.29, 0.717) is 42.2 Å². The molecule has 4 aromatic rings. The Morgan fingerprint density at radius 1 is 1.08 bits per heavy atom. The molecule has 0 atom stereocenters. The smallest absolute Gasteiger partial charge is 0.312 e. The molecule has 3 heterocycles. The summed E-state index contributed by atoms with van der Waals surface area (Å²) in [6.45, 7) is 8.91. The van der Waals surface area contributed by atoms with Crippen molar-refractivity contribution in [3.63, 3.8) is 0 Å². The van der Waals surface area contributed by atoms with Gasteiger partial charge >= 0.3 is 5.97 Å². The predicted octanol–water partition coefficient (Wildman–Crippen LogP) is 5.28. The van der Waals surface area contributed by atoms with Crippen molar-refractivity contribution in [1.82, 2.24) is 20.2 Å². The largest absolute Gasteiger partial charge is 0.460 e. The summed E-state index contributed by atoms with van der Waals surface area (Å²) in [4.78, 5) is 18.6. The first-order valence-corrected chi connectivity index (χ1v) is 11.8. The first-order chi connectivity index (χ1) is 17.2. The highest BCUT2D eigenvalue weighted by Crippen LogP contribution is 2.32. The number of carbonyl (C=O) groups is 1. The molecule has 0 amide bonds. The van der Waals surface area contributed by atoms with Gasteiger partial charge < -0.3 is 13.8 Å². The number of hydrogen-bond donors (Lipinski definition) is 0. The number of benzene rings is 2. The Hall–Kier alpha value is -3.85. The Morgan fingerprint density at radius 2 is 1.83 bits per heavy atom. The minimum atomic E-state index is -0.509. The van der Waals surface area contributed by atoms with E-state index in [4.69, 9.17) is 13.8 Å². The van der Waals surface area contributed by atoms with Gasteiger partial charge in [-0.25, -0.2) is 4.39 Å². The molecule has 0 aliphatic carbocycles. The minimum Gasteiger partial charge on any atom is -0.460 e. The first-order valence-electron chi connectivity index (χ1n) is 11.8. The summed E-state index contributed by atoms with van der Waals surface area (Å²) >= 11 is 0. The van der Waals surface area contributed by atoms with E-state index in [1.54, 1.807) is 12.1 Å². The number of carbonyl (C=O) groups excluding carboxylic acids is 1. The molecule has 36 heavy (non-hydrogen) atoms. The minimum absolute atomic E-state index is 0.175. The van der Waals surface area contributed by atoms with Crippen LogP contribution in [0.2, 0.25) is 0 Å². The summed E-state index contributed by atoms with van der Waals surface area (Å²) in [7, 11) is 0. The van der Waals surface area contributed by atoms with Crippen LogP contribution in [-0.2, 0) is 16.1 Å². The second-order valence-electron chi connectivity index (χ2n) is 10.0. The van der Waals surface area contributed by atoms with E-state index >= 15 is 0 Å². The average molecular weight is 491 g/mol. The van der Waals surface area contributed by atoms with E-state index in [2.05, 4.69) is 15.3 Å². The van der Waals surface area contributed by atoms with Crippen molar-refractivity contribution >= 4 is 5.97 Å². The molecule has 1 fully saturated rings. The van der Waals surface area contributed by atoms with Crippen molar-refractivity contribution in [2.45, 2.75) is 39.8 Å². The summed E-state index contributed by atoms with van der Waals surface area (Å²) in [6.07, 6.45) is 0. The van der Waals surface area contributed by atoms with Crippen LogP contribution in [0.25, 0.3) is 34.3 Å². The fraction of sp³-hybridized carbons (Fsp3) is 0.333. The maximum absolute atomic E-state index is 14.9. The van der Waals surface area contributed by atoms with Crippen LogP contribution in [0, 0.1) is 18.7 Å². The monoisotopic (exact) mass is 490 g/mol. The van der Waals surface area contributed by atoms with E-state index in [9.17, 15) is 9.18 Å². The van der Waals surface area contributed by atoms with Crippen LogP contribution in [0.4, 0.5) is 4.39 Å². The van der Waals surface area contributed by atoms with Gasteiger partial charge in [0.25, 0.3) is 5.89 Å². The molecule has 1 saturated heterocycles. The van der Waals surface area contributed by atoms with Crippen molar-refractivity contribution in [3.05, 3.63) is 65.5 Å². The number of nitrogens with zero attached hydrogens (tertiary/aromatic N) is 4. The average Bonchev–Trinajstić information content (AvgIpc) is 3.43. The fourth-order valence-electron chi connectivity index (χ4n) is 4.12. The highest BCUT2D eigenvalue weighted by Gasteiger charge is 2.36. The number of rotatable bonds is 6. The predicted molar refractivity (Wildman–Crippen MR) is 130 cm³/mol. The fourth-order valence-corrected chi connectivity index (χ4v) is 4.12. The van der Waals surface area contributed by atoms with Crippen molar-refractivity contribution < 1.29 is 23.0 Å². The maximum Gasteiger partial charge on any atom is 0.312 e. The molecule has 186 valence electrons. The lowest BCUT2D eigenvalue weighted by Crippen LogP contribution is -2.51. The van der Waals surface area contributed by atoms with Crippen LogP contribution in [0.15, 0.2) is 57.6 Å². The zero-order chi connectivity index (χ0) is 25.4. The van der Waals surface area contributed by atoms with Crippen molar-refractivity contribution in [1.29, 1.82) is 0 Å². The molecular weight excluding hydrogens is 463 g/mol. The molecular formula is C27H27FN4O4. The molecule has 0 unspecified atom stereocenters. The quantitative estimate of drug-likeness (QED) is 0.337. The summed E-state index contributed by atoms with van der Waals surface area (Å²) in [5.41, 5.74) is 2.90. The summed E-state index contributed by atoms with van der Waals surface area (Å²) in [5, 5.41) is 8.15. The number of esters is 1. The van der Waals surface area contributed by atoms with Crippen molar-refractivity contribution in [3.8, 4) is 34.3 Å². The van der Waals surface area contributed by atoms with Gasteiger partial charge in [-0.1, -0.05) is 52.8 Å². The van der Waals surface area contributed by atoms with Gasteiger partial charge in [0.2, 0.25) is 11.6 Å². The van der Waals surface area contributed by atoms with E-state index in [1.807, 2.05) is 62.9 Å². The highest BCUT2D eigenvalue weighted by atomic mass is 19.1. The third-order valence-corrected chi connectivity index (χ3v) is 5.99. The van der Waals surface area contributed by atoms with Crippen molar-refractivity contribution in [2.24, 2.45) is 5.92 Å². The Bertz CT molecular complexity index is 1380. The lowest BCUT2D eigenvalue weighted by Gasteiger charge is -2.38. The first kappa shape index (κ1) is 23.9. The summed E-state index contributed by atoms with van der Waals surface area (Å²) in [5.74, 6) is 0.0484. The van der Waals surface area contributed by atoms with E-state index in [1.165, 1.54) is 6.07 Å². The van der Waals surface area contributed by atoms with Crippen LogP contribution >= 0.6 is 0 Å². The molecule has 2 aromatic heterocycles. The van der Waals surface area contributed by atoms with Crippen molar-refractivity contribution in [2.75, 3.05) is 13.1 Å². The van der Waals surface area contributed by atoms with Crippen LogP contribution in [0.5, 0.6) is 0 Å². The van der Waals surface area contributed by atoms with Crippen LogP contribution in [0.3, 0.4) is 0 Å². The lowest BCUT2D eigenvalue weighted by molar-refractivity contribution is -0.166. The van der Waals surface area contributed by atoms with Gasteiger partial charge in [0.1, 0.15) is 17.1 Å². The normalized spacial score (nSPS) is 14.6. The van der Waals surface area contributed by atoms with Gasteiger partial charge in [0, 0.05) is 41.9 Å². The molecule has 0 spiro atoms. The van der Waals surface area contributed by atoms with Gasteiger partial charge in [-0.05, 0) is 33.8 Å². The van der Waals surface area contributed by atoms with Gasteiger partial charge in [-0.3, -0.25) is 9.69 Å². The topological polar surface area (TPSA) is 94.5 Å². The van der Waals surface area contributed by atoms with Gasteiger partial charge in [0.15, 0.2) is 0 Å². The lowest BCUT2D eigenvalue weighted by atomic mass is 9.98. The van der Waals surface area contributed by atoms with E-state index in [-0.39, 0.29) is 29.4 Å². The zero-order valence-corrected chi connectivity index (χ0v) is 20.6.